The largest absolute Gasteiger partial charge is 0.492 e. The fourth-order valence-corrected chi connectivity index (χ4v) is 2.64. The molecule has 0 aliphatic carbocycles. The number of thioether (sulfide) groups is 1. The van der Waals surface area contributed by atoms with Gasteiger partial charge in [0.15, 0.2) is 0 Å². The van der Waals surface area contributed by atoms with E-state index < -0.39 is 0 Å². The minimum atomic E-state index is -0.216. The Morgan fingerprint density at radius 2 is 2.04 bits per heavy atom. The molecule has 0 fully saturated rings. The number of rotatable bonds is 7. The first-order valence-corrected chi connectivity index (χ1v) is 8.31. The van der Waals surface area contributed by atoms with Crippen molar-refractivity contribution in [1.82, 2.24) is 25.5 Å². The van der Waals surface area contributed by atoms with Crippen molar-refractivity contribution in [2.24, 2.45) is 0 Å². The van der Waals surface area contributed by atoms with Gasteiger partial charge in [-0.15, -0.1) is 5.10 Å². The number of nitrogens with one attached hydrogen (secondary N) is 1. The van der Waals surface area contributed by atoms with Crippen LogP contribution in [0.1, 0.15) is 20.8 Å². The van der Waals surface area contributed by atoms with Gasteiger partial charge in [-0.1, -0.05) is 30.0 Å². The molecule has 1 N–H and O–H groups in total. The summed E-state index contributed by atoms with van der Waals surface area (Å²) in [6.07, 6.45) is 0. The molecule has 1 aromatic carbocycles. The van der Waals surface area contributed by atoms with E-state index in [-0.39, 0.29) is 17.2 Å². The minimum absolute atomic E-state index is 0.0740. The summed E-state index contributed by atoms with van der Waals surface area (Å²) in [6.45, 7) is 6.91. The third kappa shape index (κ3) is 5.55. The van der Waals surface area contributed by atoms with E-state index in [0.29, 0.717) is 18.3 Å². The molecular weight excluding hydrogens is 314 g/mol. The summed E-state index contributed by atoms with van der Waals surface area (Å²) in [5.74, 6) is 0.984. The quantitative estimate of drug-likeness (QED) is 0.613. The van der Waals surface area contributed by atoms with Crippen LogP contribution in [0.25, 0.3) is 0 Å². The van der Waals surface area contributed by atoms with E-state index in [0.717, 1.165) is 5.75 Å². The number of carbonyl (C=O) groups excluding carboxylic acids is 1. The van der Waals surface area contributed by atoms with Crippen LogP contribution in [0, 0.1) is 0 Å². The van der Waals surface area contributed by atoms with Crippen LogP contribution in [0.2, 0.25) is 0 Å². The molecule has 1 amide bonds. The van der Waals surface area contributed by atoms with Gasteiger partial charge in [0.1, 0.15) is 12.4 Å². The van der Waals surface area contributed by atoms with E-state index in [1.165, 1.54) is 11.8 Å². The SMILES string of the molecule is CC(C)(C)n1nnnc1SCC(=O)NCCOc1ccccc1. The van der Waals surface area contributed by atoms with Crippen molar-refractivity contribution >= 4 is 17.7 Å². The lowest BCUT2D eigenvalue weighted by Gasteiger charge is -2.19. The number of tetrazole rings is 1. The van der Waals surface area contributed by atoms with Crippen molar-refractivity contribution < 1.29 is 9.53 Å². The van der Waals surface area contributed by atoms with Gasteiger partial charge in [-0.2, -0.15) is 0 Å². The zero-order chi connectivity index (χ0) is 16.7. The van der Waals surface area contributed by atoms with Crippen molar-refractivity contribution in [1.29, 1.82) is 0 Å². The van der Waals surface area contributed by atoms with E-state index in [2.05, 4.69) is 20.8 Å². The summed E-state index contributed by atoms with van der Waals surface area (Å²) in [4.78, 5) is 11.8. The third-order valence-electron chi connectivity index (χ3n) is 2.84. The molecule has 1 aromatic heterocycles. The normalized spacial score (nSPS) is 11.3. The molecule has 0 aliphatic heterocycles. The summed E-state index contributed by atoms with van der Waals surface area (Å²) >= 11 is 1.32. The first-order chi connectivity index (χ1) is 11.0. The van der Waals surface area contributed by atoms with Crippen molar-refractivity contribution in [3.63, 3.8) is 0 Å². The summed E-state index contributed by atoms with van der Waals surface area (Å²) in [6, 6.07) is 9.50. The van der Waals surface area contributed by atoms with Crippen molar-refractivity contribution in [2.45, 2.75) is 31.5 Å². The number of amides is 1. The topological polar surface area (TPSA) is 81.9 Å². The van der Waals surface area contributed by atoms with Gasteiger partial charge in [0.2, 0.25) is 11.1 Å². The molecule has 0 atom stereocenters. The molecule has 0 aliphatic rings. The van der Waals surface area contributed by atoms with Crippen LogP contribution in [0.4, 0.5) is 0 Å². The van der Waals surface area contributed by atoms with Crippen molar-refractivity contribution in [3.8, 4) is 5.75 Å². The lowest BCUT2D eigenvalue weighted by Crippen LogP contribution is -2.30. The molecule has 8 heteroatoms. The maximum absolute atomic E-state index is 11.8. The Morgan fingerprint density at radius 3 is 2.74 bits per heavy atom. The number of para-hydroxylation sites is 1. The zero-order valence-corrected chi connectivity index (χ0v) is 14.3. The number of hydrogen-bond donors (Lipinski definition) is 1. The molecule has 7 nitrogen and oxygen atoms in total. The molecule has 0 saturated carbocycles. The molecule has 1 heterocycles. The Balaban J connectivity index is 1.69. The molecule has 0 saturated heterocycles. The second-order valence-corrected chi connectivity index (χ2v) is 6.79. The Kier molecular flexibility index (Phi) is 5.97. The Hall–Kier alpha value is -2.09. The predicted molar refractivity (Wildman–Crippen MR) is 88.5 cm³/mol. The van der Waals surface area contributed by atoms with E-state index in [1.54, 1.807) is 4.68 Å². The average molecular weight is 335 g/mol. The third-order valence-corrected chi connectivity index (χ3v) is 3.76. The van der Waals surface area contributed by atoms with Gasteiger partial charge >= 0.3 is 0 Å². The molecule has 0 bridgehead atoms. The second-order valence-electron chi connectivity index (χ2n) is 5.84. The van der Waals surface area contributed by atoms with E-state index in [9.17, 15) is 4.79 Å². The Morgan fingerprint density at radius 1 is 1.30 bits per heavy atom. The van der Waals surface area contributed by atoms with Gasteiger partial charge in [-0.3, -0.25) is 4.79 Å². The van der Waals surface area contributed by atoms with Gasteiger partial charge in [-0.25, -0.2) is 4.68 Å². The monoisotopic (exact) mass is 335 g/mol. The van der Waals surface area contributed by atoms with Crippen LogP contribution in [0.3, 0.4) is 0 Å². The van der Waals surface area contributed by atoms with Crippen LogP contribution >= 0.6 is 11.8 Å². The highest BCUT2D eigenvalue weighted by Crippen LogP contribution is 2.20. The van der Waals surface area contributed by atoms with E-state index in [4.69, 9.17) is 4.74 Å². The van der Waals surface area contributed by atoms with Crippen LogP contribution in [-0.2, 0) is 10.3 Å². The fourth-order valence-electron chi connectivity index (χ4n) is 1.75. The lowest BCUT2D eigenvalue weighted by molar-refractivity contribution is -0.118. The lowest BCUT2D eigenvalue weighted by atomic mass is 10.1. The molecule has 2 rings (SSSR count). The Bertz CT molecular complexity index is 624. The fraction of sp³-hybridized carbons (Fsp3) is 0.467. The molecule has 0 radical (unpaired) electrons. The number of ether oxygens (including phenoxy) is 1. The van der Waals surface area contributed by atoms with Crippen LogP contribution in [0.15, 0.2) is 35.5 Å². The molecule has 23 heavy (non-hydrogen) atoms. The molecule has 2 aromatic rings. The van der Waals surface area contributed by atoms with E-state index >= 15 is 0 Å². The van der Waals surface area contributed by atoms with Gasteiger partial charge < -0.3 is 10.1 Å². The molecule has 124 valence electrons. The summed E-state index contributed by atoms with van der Waals surface area (Å²) in [5, 5.41) is 15.0. The Labute approximate surface area is 139 Å². The van der Waals surface area contributed by atoms with Gasteiger partial charge in [-0.05, 0) is 43.3 Å². The number of aromatic nitrogens is 4. The second kappa shape index (κ2) is 7.96. The number of benzene rings is 1. The summed E-state index contributed by atoms with van der Waals surface area (Å²) < 4.78 is 7.22. The van der Waals surface area contributed by atoms with Crippen LogP contribution in [0.5, 0.6) is 5.75 Å². The zero-order valence-electron chi connectivity index (χ0n) is 13.5. The first-order valence-electron chi connectivity index (χ1n) is 7.33. The number of nitrogens with zero attached hydrogens (tertiary/aromatic N) is 4. The van der Waals surface area contributed by atoms with Crippen molar-refractivity contribution in [3.05, 3.63) is 30.3 Å². The first kappa shape index (κ1) is 17.3. The molecular formula is C15H21N5O2S. The standard InChI is InChI=1S/C15H21N5O2S/c1-15(2,3)20-14(17-18-19-20)23-11-13(21)16-9-10-22-12-7-5-4-6-8-12/h4-8H,9-11H2,1-3H3,(H,16,21). The van der Waals surface area contributed by atoms with Crippen LogP contribution in [-0.4, -0.2) is 45.0 Å². The van der Waals surface area contributed by atoms with E-state index in [1.807, 2.05) is 51.1 Å². The average Bonchev–Trinajstić information content (AvgIpc) is 2.99. The summed E-state index contributed by atoms with van der Waals surface area (Å²) in [7, 11) is 0. The summed E-state index contributed by atoms with van der Waals surface area (Å²) in [5.41, 5.74) is -0.216. The van der Waals surface area contributed by atoms with Gasteiger partial charge in [0.05, 0.1) is 17.8 Å². The number of carbonyl (C=O) groups is 1. The highest BCUT2D eigenvalue weighted by Gasteiger charge is 2.20. The van der Waals surface area contributed by atoms with Gasteiger partial charge in [0.25, 0.3) is 0 Å². The van der Waals surface area contributed by atoms with Crippen molar-refractivity contribution in [2.75, 3.05) is 18.9 Å². The predicted octanol–water partition coefficient (Wildman–Crippen LogP) is 1.72. The smallest absolute Gasteiger partial charge is 0.230 e. The maximum Gasteiger partial charge on any atom is 0.230 e. The minimum Gasteiger partial charge on any atom is -0.492 e. The number of hydrogen-bond acceptors (Lipinski definition) is 6. The highest BCUT2D eigenvalue weighted by molar-refractivity contribution is 7.99. The van der Waals surface area contributed by atoms with Gasteiger partial charge in [0, 0.05) is 0 Å². The molecule has 0 spiro atoms. The van der Waals surface area contributed by atoms with Crippen LogP contribution < -0.4 is 10.1 Å². The maximum atomic E-state index is 11.8. The highest BCUT2D eigenvalue weighted by atomic mass is 32.2. The molecule has 0 unspecified atom stereocenters.